The molecule has 0 aliphatic heterocycles. The number of rotatable bonds is 5. The molecule has 1 aliphatic carbocycles. The molecule has 3 N–H and O–H groups in total. The van der Waals surface area contributed by atoms with Gasteiger partial charge in [0.2, 0.25) is 0 Å². The molecule has 0 saturated heterocycles. The Morgan fingerprint density at radius 2 is 2.20 bits per heavy atom. The zero-order chi connectivity index (χ0) is 13.9. The van der Waals surface area contributed by atoms with Gasteiger partial charge in [0.1, 0.15) is 0 Å². The zero-order valence-electron chi connectivity index (χ0n) is 11.6. The second kappa shape index (κ2) is 5.64. The highest BCUT2D eigenvalue weighted by Crippen LogP contribution is 2.38. The first kappa shape index (κ1) is 13.1. The van der Waals surface area contributed by atoms with Gasteiger partial charge in [-0.1, -0.05) is 24.3 Å². The predicted molar refractivity (Wildman–Crippen MR) is 78.5 cm³/mol. The maximum Gasteiger partial charge on any atom is 0.0731 e. The molecule has 5 heteroatoms. The summed E-state index contributed by atoms with van der Waals surface area (Å²) in [6.07, 6.45) is 4.77. The molecular weight excluding hydrogens is 252 g/mol. The summed E-state index contributed by atoms with van der Waals surface area (Å²) in [5.74, 6) is 0. The molecule has 5 nitrogen and oxygen atoms in total. The number of methoxy groups -OCH3 is 1. The number of hydrogen-bond acceptors (Lipinski definition) is 4. The molecule has 0 amide bonds. The standard InChI is InChI=1S/C15H20N4O/c1-20-7-6-19-10-11(9-17-19)18-15-8-14(16)12-4-2-3-5-13(12)15/h2-5,9-10,14-15,18H,6-8,16H2,1H3. The van der Waals surface area contributed by atoms with Crippen LogP contribution in [0.5, 0.6) is 0 Å². The predicted octanol–water partition coefficient (Wildman–Crippen LogP) is 2.09. The van der Waals surface area contributed by atoms with Gasteiger partial charge in [-0.15, -0.1) is 0 Å². The lowest BCUT2D eigenvalue weighted by molar-refractivity contribution is 0.183. The quantitative estimate of drug-likeness (QED) is 0.874. The summed E-state index contributed by atoms with van der Waals surface area (Å²) < 4.78 is 6.93. The van der Waals surface area contributed by atoms with Crippen molar-refractivity contribution in [1.29, 1.82) is 0 Å². The van der Waals surface area contributed by atoms with E-state index in [1.165, 1.54) is 11.1 Å². The van der Waals surface area contributed by atoms with Gasteiger partial charge >= 0.3 is 0 Å². The average Bonchev–Trinajstić information content (AvgIpc) is 3.03. The van der Waals surface area contributed by atoms with Gasteiger partial charge in [0, 0.05) is 19.3 Å². The van der Waals surface area contributed by atoms with Crippen LogP contribution in [0.1, 0.15) is 29.6 Å². The minimum Gasteiger partial charge on any atom is -0.383 e. The van der Waals surface area contributed by atoms with E-state index in [0.29, 0.717) is 6.61 Å². The molecule has 2 aromatic rings. The molecule has 2 atom stereocenters. The largest absolute Gasteiger partial charge is 0.383 e. The number of nitrogens with zero attached hydrogens (tertiary/aromatic N) is 2. The molecule has 1 aliphatic rings. The van der Waals surface area contributed by atoms with Crippen molar-refractivity contribution in [3.63, 3.8) is 0 Å². The van der Waals surface area contributed by atoms with E-state index < -0.39 is 0 Å². The highest BCUT2D eigenvalue weighted by atomic mass is 16.5. The molecule has 106 valence electrons. The summed E-state index contributed by atoms with van der Waals surface area (Å²) in [6, 6.07) is 8.75. The van der Waals surface area contributed by atoms with Gasteiger partial charge < -0.3 is 15.8 Å². The van der Waals surface area contributed by atoms with Crippen LogP contribution in [-0.4, -0.2) is 23.5 Å². The fourth-order valence-electron chi connectivity index (χ4n) is 2.76. The lowest BCUT2D eigenvalue weighted by Crippen LogP contribution is -2.09. The summed E-state index contributed by atoms with van der Waals surface area (Å²) in [6.45, 7) is 1.43. The van der Waals surface area contributed by atoms with Crippen molar-refractivity contribution < 1.29 is 4.74 Å². The number of aromatic nitrogens is 2. The van der Waals surface area contributed by atoms with Gasteiger partial charge in [-0.05, 0) is 17.5 Å². The number of nitrogens with two attached hydrogens (primary N) is 1. The van der Waals surface area contributed by atoms with E-state index in [4.69, 9.17) is 10.5 Å². The third kappa shape index (κ3) is 2.55. The highest BCUT2D eigenvalue weighted by Gasteiger charge is 2.28. The van der Waals surface area contributed by atoms with Crippen LogP contribution in [0, 0.1) is 0 Å². The molecule has 0 radical (unpaired) electrons. The Morgan fingerprint density at radius 3 is 3.00 bits per heavy atom. The van der Waals surface area contributed by atoms with Crippen molar-refractivity contribution in [3.8, 4) is 0 Å². The Bertz CT molecular complexity index is 581. The van der Waals surface area contributed by atoms with Crippen LogP contribution in [0.15, 0.2) is 36.7 Å². The fraction of sp³-hybridized carbons (Fsp3) is 0.400. The van der Waals surface area contributed by atoms with E-state index >= 15 is 0 Å². The highest BCUT2D eigenvalue weighted by molar-refractivity contribution is 5.46. The van der Waals surface area contributed by atoms with Crippen molar-refractivity contribution >= 4 is 5.69 Å². The van der Waals surface area contributed by atoms with Gasteiger partial charge in [0.25, 0.3) is 0 Å². The molecule has 20 heavy (non-hydrogen) atoms. The molecule has 1 aromatic heterocycles. The second-order valence-corrected chi connectivity index (χ2v) is 5.15. The van der Waals surface area contributed by atoms with Crippen molar-refractivity contribution in [1.82, 2.24) is 9.78 Å². The fourth-order valence-corrected chi connectivity index (χ4v) is 2.76. The average molecular weight is 272 g/mol. The van der Waals surface area contributed by atoms with Gasteiger partial charge in [0.15, 0.2) is 0 Å². The van der Waals surface area contributed by atoms with Crippen LogP contribution >= 0.6 is 0 Å². The smallest absolute Gasteiger partial charge is 0.0731 e. The Morgan fingerprint density at radius 1 is 1.40 bits per heavy atom. The van der Waals surface area contributed by atoms with E-state index in [-0.39, 0.29) is 12.1 Å². The van der Waals surface area contributed by atoms with Crippen molar-refractivity contribution in [2.24, 2.45) is 5.73 Å². The Kier molecular flexibility index (Phi) is 3.71. The molecule has 3 rings (SSSR count). The minimum absolute atomic E-state index is 0.118. The lowest BCUT2D eigenvalue weighted by Gasteiger charge is -2.13. The number of anilines is 1. The molecule has 0 spiro atoms. The number of hydrogen-bond donors (Lipinski definition) is 2. The third-order valence-corrected chi connectivity index (χ3v) is 3.76. The van der Waals surface area contributed by atoms with Crippen molar-refractivity contribution in [2.45, 2.75) is 25.0 Å². The maximum absolute atomic E-state index is 6.18. The molecular formula is C15H20N4O. The summed E-state index contributed by atoms with van der Waals surface area (Å²) >= 11 is 0. The van der Waals surface area contributed by atoms with Crippen LogP contribution in [-0.2, 0) is 11.3 Å². The zero-order valence-corrected chi connectivity index (χ0v) is 11.6. The Balaban J connectivity index is 1.71. The maximum atomic E-state index is 6.18. The molecule has 1 aromatic carbocycles. The van der Waals surface area contributed by atoms with Crippen LogP contribution in [0.25, 0.3) is 0 Å². The summed E-state index contributed by atoms with van der Waals surface area (Å²) in [5.41, 5.74) is 9.75. The summed E-state index contributed by atoms with van der Waals surface area (Å²) in [5, 5.41) is 7.83. The van der Waals surface area contributed by atoms with Gasteiger partial charge in [-0.3, -0.25) is 4.68 Å². The summed E-state index contributed by atoms with van der Waals surface area (Å²) in [4.78, 5) is 0. The normalized spacial score (nSPS) is 20.9. The van der Waals surface area contributed by atoms with Gasteiger partial charge in [0.05, 0.1) is 31.1 Å². The number of nitrogens with one attached hydrogen (secondary N) is 1. The second-order valence-electron chi connectivity index (χ2n) is 5.15. The molecule has 1 heterocycles. The number of benzene rings is 1. The SMILES string of the molecule is COCCn1cc(NC2CC(N)c3ccccc32)cn1. The topological polar surface area (TPSA) is 65.1 Å². The first-order chi connectivity index (χ1) is 9.78. The van der Waals surface area contributed by atoms with E-state index in [1.54, 1.807) is 7.11 Å². The summed E-state index contributed by atoms with van der Waals surface area (Å²) in [7, 11) is 1.69. The number of fused-ring (bicyclic) bond motifs is 1. The van der Waals surface area contributed by atoms with Crippen LogP contribution in [0.4, 0.5) is 5.69 Å². The minimum atomic E-state index is 0.118. The molecule has 2 unspecified atom stereocenters. The van der Waals surface area contributed by atoms with Crippen LogP contribution in [0.3, 0.4) is 0 Å². The van der Waals surface area contributed by atoms with Crippen LogP contribution < -0.4 is 11.1 Å². The van der Waals surface area contributed by atoms with Crippen molar-refractivity contribution in [3.05, 3.63) is 47.8 Å². The molecule has 0 fully saturated rings. The van der Waals surface area contributed by atoms with Gasteiger partial charge in [-0.2, -0.15) is 5.10 Å². The van der Waals surface area contributed by atoms with Crippen molar-refractivity contribution in [2.75, 3.05) is 19.0 Å². The first-order valence-electron chi connectivity index (χ1n) is 6.90. The number of ether oxygens (including phenoxy) is 1. The van der Waals surface area contributed by atoms with Crippen LogP contribution in [0.2, 0.25) is 0 Å². The monoisotopic (exact) mass is 272 g/mol. The van der Waals surface area contributed by atoms with E-state index in [2.05, 4.69) is 28.6 Å². The Labute approximate surface area is 118 Å². The van der Waals surface area contributed by atoms with Gasteiger partial charge in [-0.25, -0.2) is 0 Å². The molecule has 0 bridgehead atoms. The third-order valence-electron chi connectivity index (χ3n) is 3.76. The molecule has 0 saturated carbocycles. The first-order valence-corrected chi connectivity index (χ1v) is 6.90. The van der Waals surface area contributed by atoms with E-state index in [0.717, 1.165) is 18.7 Å². The lowest BCUT2D eigenvalue weighted by atomic mass is 10.1. The Hall–Kier alpha value is -1.85. The van der Waals surface area contributed by atoms with E-state index in [1.807, 2.05) is 23.1 Å². The van der Waals surface area contributed by atoms with E-state index in [9.17, 15) is 0 Å².